The van der Waals surface area contributed by atoms with E-state index in [1.54, 1.807) is 16.8 Å². The van der Waals surface area contributed by atoms with Crippen molar-refractivity contribution in [1.82, 2.24) is 24.6 Å². The van der Waals surface area contributed by atoms with E-state index >= 15 is 0 Å². The Kier molecular flexibility index (Phi) is 3.93. The van der Waals surface area contributed by atoms with Crippen LogP contribution in [0, 0.1) is 5.92 Å². The fourth-order valence-corrected chi connectivity index (χ4v) is 3.45. The van der Waals surface area contributed by atoms with E-state index in [4.69, 9.17) is 9.98 Å². The van der Waals surface area contributed by atoms with E-state index in [1.807, 2.05) is 11.0 Å². The number of rotatable bonds is 4. The molecule has 2 fully saturated rings. The summed E-state index contributed by atoms with van der Waals surface area (Å²) in [6, 6.07) is 1.90. The van der Waals surface area contributed by atoms with E-state index in [0.29, 0.717) is 35.2 Å². The number of aromatic nitrogens is 5. The van der Waals surface area contributed by atoms with Gasteiger partial charge in [0.05, 0.1) is 12.3 Å². The minimum Gasteiger partial charge on any atom is -0.493 e. The van der Waals surface area contributed by atoms with Crippen LogP contribution in [-0.2, 0) is 0 Å². The number of aromatic amines is 2. The lowest BCUT2D eigenvalue weighted by Gasteiger charge is -2.16. The first kappa shape index (κ1) is 17.0. The molecule has 1 aliphatic carbocycles. The second kappa shape index (κ2) is 6.48. The second-order valence-electron chi connectivity index (χ2n) is 7.47. The van der Waals surface area contributed by atoms with Crippen molar-refractivity contribution in [3.05, 3.63) is 39.1 Å². The minimum atomic E-state index is -0.486. The van der Waals surface area contributed by atoms with Crippen molar-refractivity contribution in [2.75, 3.05) is 24.5 Å². The summed E-state index contributed by atoms with van der Waals surface area (Å²) in [5.74, 6) is 1.14. The predicted octanol–water partition coefficient (Wildman–Crippen LogP) is -1.12. The van der Waals surface area contributed by atoms with Crippen molar-refractivity contribution in [2.45, 2.75) is 25.4 Å². The average molecular weight is 383 g/mol. The molecule has 3 aromatic rings. The van der Waals surface area contributed by atoms with Crippen LogP contribution in [-0.4, -0.2) is 60.5 Å². The van der Waals surface area contributed by atoms with Crippen LogP contribution in [0.5, 0.6) is 5.88 Å². The maximum Gasteiger partial charge on any atom is 0.326 e. The van der Waals surface area contributed by atoms with Crippen molar-refractivity contribution in [3.8, 4) is 5.88 Å². The SMILES string of the molecule is O=c1[nH]c(O)c(C=c2cnn3c(=NCC4CC4)cc(N4CC[C@H](O)C4)nc23)[nH]1. The Morgan fingerprint density at radius 2 is 2.18 bits per heavy atom. The first-order valence-electron chi connectivity index (χ1n) is 9.42. The summed E-state index contributed by atoms with van der Waals surface area (Å²) in [4.78, 5) is 27.7. The van der Waals surface area contributed by atoms with Gasteiger partial charge in [0.15, 0.2) is 11.1 Å². The maximum atomic E-state index is 11.4. The molecule has 10 heteroatoms. The summed E-state index contributed by atoms with van der Waals surface area (Å²) in [7, 11) is 0. The number of imidazole rings is 1. The van der Waals surface area contributed by atoms with Gasteiger partial charge in [-0.25, -0.2) is 9.78 Å². The molecular weight excluding hydrogens is 362 g/mol. The molecule has 0 unspecified atom stereocenters. The number of aliphatic hydroxyl groups excluding tert-OH is 1. The first-order valence-corrected chi connectivity index (χ1v) is 9.42. The Morgan fingerprint density at radius 3 is 2.86 bits per heavy atom. The van der Waals surface area contributed by atoms with Gasteiger partial charge in [-0.1, -0.05) is 0 Å². The molecule has 28 heavy (non-hydrogen) atoms. The molecule has 0 radical (unpaired) electrons. The van der Waals surface area contributed by atoms with Gasteiger partial charge in [0.2, 0.25) is 5.88 Å². The third-order valence-electron chi connectivity index (χ3n) is 5.20. The molecule has 1 atom stereocenters. The smallest absolute Gasteiger partial charge is 0.326 e. The number of aliphatic hydroxyl groups is 1. The number of aromatic hydroxyl groups is 1. The monoisotopic (exact) mass is 383 g/mol. The molecule has 0 amide bonds. The highest BCUT2D eigenvalue weighted by Gasteiger charge is 2.23. The van der Waals surface area contributed by atoms with E-state index in [2.05, 4.69) is 15.1 Å². The van der Waals surface area contributed by atoms with E-state index in [9.17, 15) is 15.0 Å². The zero-order chi connectivity index (χ0) is 19.3. The van der Waals surface area contributed by atoms with Crippen LogP contribution < -0.4 is 21.3 Å². The molecule has 1 saturated carbocycles. The number of nitrogens with zero attached hydrogens (tertiary/aromatic N) is 5. The predicted molar refractivity (Wildman–Crippen MR) is 101 cm³/mol. The van der Waals surface area contributed by atoms with Crippen LogP contribution in [0.4, 0.5) is 5.82 Å². The van der Waals surface area contributed by atoms with Gasteiger partial charge in [-0.05, 0) is 31.3 Å². The highest BCUT2D eigenvalue weighted by molar-refractivity contribution is 5.58. The molecule has 3 aromatic heterocycles. The first-order chi connectivity index (χ1) is 13.6. The number of nitrogens with one attached hydrogen (secondary N) is 2. The molecule has 4 N–H and O–H groups in total. The summed E-state index contributed by atoms with van der Waals surface area (Å²) >= 11 is 0. The Morgan fingerprint density at radius 1 is 1.32 bits per heavy atom. The maximum absolute atomic E-state index is 11.4. The van der Waals surface area contributed by atoms with Gasteiger partial charge in [0, 0.05) is 30.9 Å². The molecule has 0 aromatic carbocycles. The highest BCUT2D eigenvalue weighted by atomic mass is 16.3. The largest absolute Gasteiger partial charge is 0.493 e. The summed E-state index contributed by atoms with van der Waals surface area (Å²) in [5, 5.41) is 24.8. The molecule has 1 aliphatic heterocycles. The number of hydrogen-bond donors (Lipinski definition) is 4. The molecular formula is C18H21N7O3. The molecule has 0 bridgehead atoms. The Balaban J connectivity index is 1.68. The summed E-state index contributed by atoms with van der Waals surface area (Å²) in [6.07, 6.45) is 6.02. The van der Waals surface area contributed by atoms with Crippen molar-refractivity contribution < 1.29 is 10.2 Å². The van der Waals surface area contributed by atoms with Crippen LogP contribution in [0.3, 0.4) is 0 Å². The van der Waals surface area contributed by atoms with E-state index in [-0.39, 0.29) is 17.7 Å². The summed E-state index contributed by atoms with van der Waals surface area (Å²) < 4.78 is 1.67. The third kappa shape index (κ3) is 3.15. The quantitative estimate of drug-likeness (QED) is 0.451. The van der Waals surface area contributed by atoms with Crippen LogP contribution >= 0.6 is 0 Å². The Hall–Kier alpha value is -3.14. The Bertz CT molecular complexity index is 1200. The van der Waals surface area contributed by atoms with Crippen molar-refractivity contribution >= 4 is 17.5 Å². The standard InChI is InChI=1S/C18H21N7O3/c26-12-3-4-24(9-12)15-6-14(19-7-10-1-2-10)25-16(22-15)11(8-20-25)5-13-17(27)23-18(28)21-13/h5-6,8,10,12,26-27H,1-4,7,9H2,(H2,21,23,28)/t12-/m0/s1. The molecule has 0 spiro atoms. The second-order valence-corrected chi connectivity index (χ2v) is 7.47. The molecule has 10 nitrogen and oxygen atoms in total. The molecule has 4 heterocycles. The summed E-state index contributed by atoms with van der Waals surface area (Å²) in [6.45, 7) is 2.02. The summed E-state index contributed by atoms with van der Waals surface area (Å²) in [5.41, 5.74) is 1.06. The third-order valence-corrected chi connectivity index (χ3v) is 5.20. The van der Waals surface area contributed by atoms with Gasteiger partial charge >= 0.3 is 5.69 Å². The van der Waals surface area contributed by atoms with Crippen LogP contribution in [0.25, 0.3) is 11.7 Å². The Labute approximate surface area is 158 Å². The fourth-order valence-electron chi connectivity index (χ4n) is 3.45. The number of hydrogen-bond acceptors (Lipinski definition) is 7. The number of fused-ring (bicyclic) bond motifs is 1. The van der Waals surface area contributed by atoms with Gasteiger partial charge < -0.3 is 20.1 Å². The van der Waals surface area contributed by atoms with Gasteiger partial charge in [-0.2, -0.15) is 9.61 Å². The number of anilines is 1. The minimum absolute atomic E-state index is 0.234. The zero-order valence-corrected chi connectivity index (χ0v) is 15.2. The molecule has 2 aliphatic rings. The molecule has 1 saturated heterocycles. The lowest BCUT2D eigenvalue weighted by molar-refractivity contribution is 0.198. The average Bonchev–Trinajstić information content (AvgIpc) is 3.11. The lowest BCUT2D eigenvalue weighted by Crippen LogP contribution is -2.27. The van der Waals surface area contributed by atoms with Crippen molar-refractivity contribution in [3.63, 3.8) is 0 Å². The van der Waals surface area contributed by atoms with Gasteiger partial charge in [-0.15, -0.1) is 0 Å². The number of H-pyrrole nitrogens is 2. The highest BCUT2D eigenvalue weighted by Crippen LogP contribution is 2.28. The van der Waals surface area contributed by atoms with Crippen LogP contribution in [0.2, 0.25) is 0 Å². The van der Waals surface area contributed by atoms with E-state index in [0.717, 1.165) is 18.9 Å². The van der Waals surface area contributed by atoms with Crippen molar-refractivity contribution in [2.24, 2.45) is 10.9 Å². The van der Waals surface area contributed by atoms with Crippen LogP contribution in [0.15, 0.2) is 22.1 Å². The molecule has 5 rings (SSSR count). The molecule has 146 valence electrons. The van der Waals surface area contributed by atoms with Gasteiger partial charge in [0.1, 0.15) is 11.5 Å². The zero-order valence-electron chi connectivity index (χ0n) is 15.2. The van der Waals surface area contributed by atoms with E-state index in [1.165, 1.54) is 12.8 Å². The number of β-amino-alcohol motifs (C(OH)–C–C–N with tert-alkyl or cyclic N) is 1. The van der Waals surface area contributed by atoms with Crippen LogP contribution in [0.1, 0.15) is 25.0 Å². The van der Waals surface area contributed by atoms with Gasteiger partial charge in [0.25, 0.3) is 0 Å². The van der Waals surface area contributed by atoms with E-state index < -0.39 is 5.69 Å². The van der Waals surface area contributed by atoms with Crippen molar-refractivity contribution in [1.29, 1.82) is 0 Å². The van der Waals surface area contributed by atoms with Gasteiger partial charge in [-0.3, -0.25) is 9.98 Å². The normalized spacial score (nSPS) is 21.3. The fraction of sp³-hybridized carbons (Fsp3) is 0.444. The lowest BCUT2D eigenvalue weighted by atomic mass is 10.3. The topological polar surface area (TPSA) is 135 Å².